The Kier molecular flexibility index (Phi) is 5.81. The van der Waals surface area contributed by atoms with Gasteiger partial charge in [-0.2, -0.15) is 0 Å². The van der Waals surface area contributed by atoms with Gasteiger partial charge in [0.15, 0.2) is 0 Å². The molecule has 0 saturated carbocycles. The number of nitrogens with one attached hydrogen (secondary N) is 1. The minimum atomic E-state index is -3.95. The zero-order chi connectivity index (χ0) is 18.9. The monoisotopic (exact) mass is 372 g/mol. The number of methoxy groups -OCH3 is 1. The molecule has 1 aliphatic rings. The highest BCUT2D eigenvalue weighted by Crippen LogP contribution is 2.37. The number of alkyl halides is 2. The van der Waals surface area contributed by atoms with Crippen LogP contribution in [0, 0.1) is 0 Å². The lowest BCUT2D eigenvalue weighted by atomic mass is 10.1. The van der Waals surface area contributed by atoms with E-state index in [-0.39, 0.29) is 0 Å². The average molecular weight is 372 g/mol. The van der Waals surface area contributed by atoms with Crippen LogP contribution in [0.1, 0.15) is 27.2 Å². The number of carbonyl (C=O) groups excluding carboxylic acids is 2. The van der Waals surface area contributed by atoms with Crippen molar-refractivity contribution in [1.82, 2.24) is 9.62 Å². The summed E-state index contributed by atoms with van der Waals surface area (Å²) in [6.45, 7) is 4.04. The molecule has 0 radical (unpaired) electrons. The Hall–Kier alpha value is -1.49. The maximum absolute atomic E-state index is 14.6. The van der Waals surface area contributed by atoms with Crippen LogP contribution in [0.5, 0.6) is 0 Å². The molecule has 140 valence electrons. The molecule has 1 rings (SSSR count). The predicted octanol–water partition coefficient (Wildman–Crippen LogP) is 0.722. The van der Waals surface area contributed by atoms with Gasteiger partial charge in [0.25, 0.3) is 5.92 Å². The number of likely N-dealkylation sites (tertiary alicyclic amines) is 1. The van der Waals surface area contributed by atoms with Gasteiger partial charge in [-0.15, -0.1) is 0 Å². The maximum Gasteiger partial charge on any atom is 0.410 e. The first-order chi connectivity index (χ1) is 10.7. The Morgan fingerprint density at radius 3 is 2.29 bits per heavy atom. The van der Waals surface area contributed by atoms with Gasteiger partial charge in [0, 0.05) is 6.54 Å². The van der Waals surface area contributed by atoms with E-state index in [0.717, 1.165) is 13.4 Å². The summed E-state index contributed by atoms with van der Waals surface area (Å²) in [6, 6.07) is -3.74. The second-order valence-electron chi connectivity index (χ2n) is 6.55. The van der Waals surface area contributed by atoms with Crippen LogP contribution >= 0.6 is 0 Å². The number of carbonyl (C=O) groups is 2. The molecule has 0 bridgehead atoms. The lowest BCUT2D eigenvalue weighted by molar-refractivity contribution is -0.145. The van der Waals surface area contributed by atoms with Crippen molar-refractivity contribution >= 4 is 22.1 Å². The molecule has 0 spiro atoms. The molecule has 24 heavy (non-hydrogen) atoms. The van der Waals surface area contributed by atoms with Crippen molar-refractivity contribution in [1.29, 1.82) is 0 Å². The Bertz CT molecular complexity index is 602. The molecule has 0 unspecified atom stereocenters. The summed E-state index contributed by atoms with van der Waals surface area (Å²) < 4.78 is 63.0. The third-order valence-electron chi connectivity index (χ3n) is 3.24. The van der Waals surface area contributed by atoms with Gasteiger partial charge in [0.1, 0.15) is 17.7 Å². The Morgan fingerprint density at radius 1 is 1.33 bits per heavy atom. The Labute approximate surface area is 139 Å². The van der Waals surface area contributed by atoms with Crippen molar-refractivity contribution in [3.05, 3.63) is 0 Å². The molecule has 1 heterocycles. The van der Waals surface area contributed by atoms with E-state index in [2.05, 4.69) is 4.74 Å². The van der Waals surface area contributed by atoms with Crippen LogP contribution in [0.25, 0.3) is 0 Å². The molecule has 0 aromatic rings. The van der Waals surface area contributed by atoms with Crippen LogP contribution in [0.15, 0.2) is 0 Å². The highest BCUT2D eigenvalue weighted by atomic mass is 32.2. The topological polar surface area (TPSA) is 102 Å². The third kappa shape index (κ3) is 5.26. The van der Waals surface area contributed by atoms with Gasteiger partial charge in [-0.25, -0.2) is 26.7 Å². The van der Waals surface area contributed by atoms with Crippen molar-refractivity contribution < 1.29 is 36.3 Å². The number of hydrogen-bond donors (Lipinski definition) is 1. The number of sulfonamides is 1. The van der Waals surface area contributed by atoms with E-state index >= 15 is 0 Å². The van der Waals surface area contributed by atoms with Gasteiger partial charge in [-0.3, -0.25) is 9.69 Å². The maximum atomic E-state index is 14.6. The van der Waals surface area contributed by atoms with E-state index in [9.17, 15) is 26.8 Å². The molecule has 1 N–H and O–H groups in total. The minimum absolute atomic E-state index is 0.628. The second kappa shape index (κ2) is 6.79. The molecular formula is C13H22F2N2O6S. The van der Waals surface area contributed by atoms with Gasteiger partial charge in [-0.1, -0.05) is 0 Å². The van der Waals surface area contributed by atoms with E-state index in [1.807, 2.05) is 0 Å². The normalized spacial score (nSPS) is 23.9. The fraction of sp³-hybridized carbons (Fsp3) is 0.846. The highest BCUT2D eigenvalue weighted by Gasteiger charge is 2.60. The molecular weight excluding hydrogens is 350 g/mol. The van der Waals surface area contributed by atoms with Gasteiger partial charge in [0.2, 0.25) is 10.0 Å². The van der Waals surface area contributed by atoms with E-state index in [4.69, 9.17) is 4.74 Å². The van der Waals surface area contributed by atoms with Gasteiger partial charge < -0.3 is 9.47 Å². The van der Waals surface area contributed by atoms with Crippen LogP contribution in [0.3, 0.4) is 0 Å². The fourth-order valence-electron chi connectivity index (χ4n) is 2.27. The number of hydrogen-bond acceptors (Lipinski definition) is 6. The summed E-state index contributed by atoms with van der Waals surface area (Å²) >= 11 is 0. The summed E-state index contributed by atoms with van der Waals surface area (Å²) in [6.07, 6.45) is -1.12. The summed E-state index contributed by atoms with van der Waals surface area (Å²) in [7, 11) is -2.92. The van der Waals surface area contributed by atoms with Gasteiger partial charge >= 0.3 is 12.1 Å². The zero-order valence-electron chi connectivity index (χ0n) is 14.1. The number of ether oxygens (including phenoxy) is 2. The lowest BCUT2D eigenvalue weighted by Crippen LogP contribution is -2.50. The minimum Gasteiger partial charge on any atom is -0.469 e. The van der Waals surface area contributed by atoms with Crippen LogP contribution in [0.4, 0.5) is 13.6 Å². The van der Waals surface area contributed by atoms with Crippen molar-refractivity contribution in [2.45, 2.75) is 50.8 Å². The van der Waals surface area contributed by atoms with Gasteiger partial charge in [0.05, 0.1) is 19.8 Å². The molecule has 1 saturated heterocycles. The molecule has 11 heteroatoms. The van der Waals surface area contributed by atoms with Crippen molar-refractivity contribution in [3.63, 3.8) is 0 Å². The first-order valence-corrected chi connectivity index (χ1v) is 8.98. The lowest BCUT2D eigenvalue weighted by Gasteiger charge is -2.29. The number of halogens is 2. The molecule has 2 atom stereocenters. The first-order valence-electron chi connectivity index (χ1n) is 7.09. The zero-order valence-corrected chi connectivity index (χ0v) is 14.9. The Balaban J connectivity index is 3.14. The van der Waals surface area contributed by atoms with E-state index < -0.39 is 58.7 Å². The summed E-state index contributed by atoms with van der Waals surface area (Å²) in [4.78, 5) is 24.3. The highest BCUT2D eigenvalue weighted by molar-refractivity contribution is 7.88. The fourth-order valence-corrected chi connectivity index (χ4v) is 3.02. The number of rotatable bonds is 4. The van der Waals surface area contributed by atoms with E-state index in [1.165, 1.54) is 0 Å². The van der Waals surface area contributed by atoms with Crippen molar-refractivity contribution in [2.24, 2.45) is 0 Å². The molecule has 0 aliphatic carbocycles. The summed E-state index contributed by atoms with van der Waals surface area (Å²) in [5, 5.41) is 0. The molecule has 0 aromatic heterocycles. The van der Waals surface area contributed by atoms with Crippen molar-refractivity contribution in [3.8, 4) is 0 Å². The van der Waals surface area contributed by atoms with Crippen LogP contribution in [0.2, 0.25) is 0 Å². The van der Waals surface area contributed by atoms with Crippen molar-refractivity contribution in [2.75, 3.05) is 19.9 Å². The summed E-state index contributed by atoms with van der Waals surface area (Å²) in [5.74, 6) is -4.62. The molecule has 1 aliphatic heterocycles. The molecule has 8 nitrogen and oxygen atoms in total. The predicted molar refractivity (Wildman–Crippen MR) is 80.1 cm³/mol. The van der Waals surface area contributed by atoms with Crippen LogP contribution in [-0.2, 0) is 24.3 Å². The molecule has 1 fully saturated rings. The average Bonchev–Trinajstić information content (AvgIpc) is 2.59. The van der Waals surface area contributed by atoms with Crippen LogP contribution < -0.4 is 4.72 Å². The Morgan fingerprint density at radius 2 is 1.88 bits per heavy atom. The molecule has 0 aromatic carbocycles. The molecule has 1 amide bonds. The number of nitrogens with zero attached hydrogens (tertiary/aromatic N) is 1. The van der Waals surface area contributed by atoms with E-state index in [1.54, 1.807) is 25.5 Å². The number of amides is 1. The number of esters is 1. The standard InChI is InChI=1S/C13H22F2N2O6S/c1-12(2,3)23-11(19)17-7-8(16-24(5,20)21)13(14,15)9(17)6-10(18)22-4/h8-9,16H,6-7H2,1-5H3/t8-,9-/m1/s1. The SMILES string of the molecule is COC(=O)C[C@H]1N(C(=O)OC(C)(C)C)C[C@@H](NS(C)(=O)=O)C1(F)F. The van der Waals surface area contributed by atoms with E-state index in [0.29, 0.717) is 4.90 Å². The first kappa shape index (κ1) is 20.6. The third-order valence-corrected chi connectivity index (χ3v) is 3.95. The van der Waals surface area contributed by atoms with Crippen LogP contribution in [-0.4, -0.2) is 68.9 Å². The van der Waals surface area contributed by atoms with Gasteiger partial charge in [-0.05, 0) is 20.8 Å². The largest absolute Gasteiger partial charge is 0.469 e. The second-order valence-corrected chi connectivity index (χ2v) is 8.33. The smallest absolute Gasteiger partial charge is 0.410 e. The quantitative estimate of drug-likeness (QED) is 0.730. The summed E-state index contributed by atoms with van der Waals surface area (Å²) in [5.41, 5.74) is -0.940.